The van der Waals surface area contributed by atoms with Crippen LogP contribution in [0, 0.1) is 11.3 Å². The lowest BCUT2D eigenvalue weighted by Gasteiger charge is -2.41. The average Bonchev–Trinajstić information content (AvgIpc) is 2.88. The van der Waals surface area contributed by atoms with E-state index in [2.05, 4.69) is 19.2 Å². The SMILES string of the molecule is CC1(C)CCC2(CNCC(CC3CCCC3)O2)C1. The number of ether oxygens (including phenoxy) is 1. The van der Waals surface area contributed by atoms with E-state index in [9.17, 15) is 0 Å². The third kappa shape index (κ3) is 2.75. The van der Waals surface area contributed by atoms with Crippen LogP contribution in [0.5, 0.6) is 0 Å². The van der Waals surface area contributed by atoms with Crippen LogP contribution in [0.15, 0.2) is 0 Å². The summed E-state index contributed by atoms with van der Waals surface area (Å²) < 4.78 is 6.57. The molecule has 2 aliphatic carbocycles. The van der Waals surface area contributed by atoms with Crippen molar-refractivity contribution in [2.75, 3.05) is 13.1 Å². The van der Waals surface area contributed by atoms with Gasteiger partial charge in [0.1, 0.15) is 0 Å². The van der Waals surface area contributed by atoms with Gasteiger partial charge in [0.05, 0.1) is 11.7 Å². The molecular formula is C16H29NO. The smallest absolute Gasteiger partial charge is 0.0816 e. The van der Waals surface area contributed by atoms with Crippen LogP contribution < -0.4 is 5.32 Å². The summed E-state index contributed by atoms with van der Waals surface area (Å²) in [6.45, 7) is 6.95. The molecular weight excluding hydrogens is 222 g/mol. The largest absolute Gasteiger partial charge is 0.369 e. The number of nitrogens with one attached hydrogen (secondary N) is 1. The average molecular weight is 251 g/mol. The fraction of sp³-hybridized carbons (Fsp3) is 1.00. The van der Waals surface area contributed by atoms with Gasteiger partial charge in [-0.1, -0.05) is 39.5 Å². The molecule has 18 heavy (non-hydrogen) atoms. The summed E-state index contributed by atoms with van der Waals surface area (Å²) >= 11 is 0. The molecule has 2 heteroatoms. The van der Waals surface area contributed by atoms with Crippen LogP contribution in [-0.4, -0.2) is 24.8 Å². The highest BCUT2D eigenvalue weighted by Gasteiger charge is 2.47. The third-order valence-electron chi connectivity index (χ3n) is 5.36. The number of rotatable bonds is 2. The minimum atomic E-state index is 0.172. The molecule has 104 valence electrons. The molecule has 3 aliphatic rings. The van der Waals surface area contributed by atoms with Crippen molar-refractivity contribution < 1.29 is 4.74 Å². The second-order valence-corrected chi connectivity index (χ2v) is 7.78. The first-order valence-corrected chi connectivity index (χ1v) is 7.96. The Balaban J connectivity index is 1.58. The molecule has 0 aromatic heterocycles. The summed E-state index contributed by atoms with van der Waals surface area (Å²) in [5.41, 5.74) is 0.655. The van der Waals surface area contributed by atoms with Crippen LogP contribution in [-0.2, 0) is 4.74 Å². The van der Waals surface area contributed by atoms with Gasteiger partial charge in [-0.2, -0.15) is 0 Å². The molecule has 0 amide bonds. The summed E-state index contributed by atoms with van der Waals surface area (Å²) in [5.74, 6) is 0.946. The van der Waals surface area contributed by atoms with Crippen molar-refractivity contribution in [1.82, 2.24) is 5.32 Å². The summed E-state index contributed by atoms with van der Waals surface area (Å²) in [4.78, 5) is 0. The highest BCUT2D eigenvalue weighted by atomic mass is 16.5. The number of hydrogen-bond acceptors (Lipinski definition) is 2. The van der Waals surface area contributed by atoms with Crippen molar-refractivity contribution >= 4 is 0 Å². The summed E-state index contributed by atoms with van der Waals surface area (Å²) in [6, 6.07) is 0. The van der Waals surface area contributed by atoms with Crippen molar-refractivity contribution in [3.63, 3.8) is 0 Å². The molecule has 0 aromatic carbocycles. The molecule has 2 saturated carbocycles. The Morgan fingerprint density at radius 2 is 1.94 bits per heavy atom. The fourth-order valence-electron chi connectivity index (χ4n) is 4.51. The summed E-state index contributed by atoms with van der Waals surface area (Å²) in [7, 11) is 0. The molecule has 0 bridgehead atoms. The second kappa shape index (κ2) is 4.79. The Morgan fingerprint density at radius 3 is 2.61 bits per heavy atom. The van der Waals surface area contributed by atoms with Gasteiger partial charge in [-0.05, 0) is 37.0 Å². The van der Waals surface area contributed by atoms with E-state index in [1.165, 1.54) is 51.4 Å². The first kappa shape index (κ1) is 12.9. The maximum absolute atomic E-state index is 6.57. The van der Waals surface area contributed by atoms with E-state index in [1.807, 2.05) is 0 Å². The maximum atomic E-state index is 6.57. The molecule has 3 rings (SSSR count). The van der Waals surface area contributed by atoms with Gasteiger partial charge in [-0.15, -0.1) is 0 Å². The molecule has 1 heterocycles. The lowest BCUT2D eigenvalue weighted by atomic mass is 9.88. The normalized spacial score (nSPS) is 40.7. The van der Waals surface area contributed by atoms with Gasteiger partial charge in [-0.3, -0.25) is 0 Å². The molecule has 1 spiro atoms. The quantitative estimate of drug-likeness (QED) is 0.811. The maximum Gasteiger partial charge on any atom is 0.0816 e. The molecule has 0 aromatic rings. The van der Waals surface area contributed by atoms with Crippen molar-refractivity contribution in [3.8, 4) is 0 Å². The fourth-order valence-corrected chi connectivity index (χ4v) is 4.51. The van der Waals surface area contributed by atoms with Crippen molar-refractivity contribution in [2.24, 2.45) is 11.3 Å². The van der Waals surface area contributed by atoms with Crippen molar-refractivity contribution in [2.45, 2.75) is 76.9 Å². The Labute approximate surface area is 112 Å². The zero-order valence-corrected chi connectivity index (χ0v) is 12.1. The van der Waals surface area contributed by atoms with Crippen molar-refractivity contribution in [3.05, 3.63) is 0 Å². The lowest BCUT2D eigenvalue weighted by molar-refractivity contribution is -0.122. The van der Waals surface area contributed by atoms with Gasteiger partial charge in [0.2, 0.25) is 0 Å². The Hall–Kier alpha value is -0.0800. The van der Waals surface area contributed by atoms with E-state index >= 15 is 0 Å². The predicted octanol–water partition coefficient (Wildman–Crippen LogP) is 3.50. The topological polar surface area (TPSA) is 21.3 Å². The van der Waals surface area contributed by atoms with Gasteiger partial charge >= 0.3 is 0 Å². The highest BCUT2D eigenvalue weighted by Crippen LogP contribution is 2.47. The third-order valence-corrected chi connectivity index (χ3v) is 5.36. The molecule has 1 aliphatic heterocycles. The van der Waals surface area contributed by atoms with Crippen LogP contribution in [0.2, 0.25) is 0 Å². The minimum absolute atomic E-state index is 0.172. The van der Waals surface area contributed by atoms with Gasteiger partial charge in [0, 0.05) is 13.1 Å². The van der Waals surface area contributed by atoms with E-state index in [0.717, 1.165) is 19.0 Å². The molecule has 1 saturated heterocycles. The molecule has 0 radical (unpaired) electrons. The predicted molar refractivity (Wildman–Crippen MR) is 74.7 cm³/mol. The first-order chi connectivity index (χ1) is 8.57. The molecule has 3 fully saturated rings. The van der Waals surface area contributed by atoms with E-state index in [-0.39, 0.29) is 5.60 Å². The van der Waals surface area contributed by atoms with Crippen LogP contribution in [0.25, 0.3) is 0 Å². The van der Waals surface area contributed by atoms with Crippen LogP contribution >= 0.6 is 0 Å². The van der Waals surface area contributed by atoms with E-state index in [4.69, 9.17) is 4.74 Å². The van der Waals surface area contributed by atoms with Crippen LogP contribution in [0.4, 0.5) is 0 Å². The summed E-state index contributed by atoms with van der Waals surface area (Å²) in [6.07, 6.45) is 11.4. The minimum Gasteiger partial charge on any atom is -0.369 e. The van der Waals surface area contributed by atoms with Gasteiger partial charge in [0.25, 0.3) is 0 Å². The van der Waals surface area contributed by atoms with E-state index < -0.39 is 0 Å². The van der Waals surface area contributed by atoms with Gasteiger partial charge in [-0.25, -0.2) is 0 Å². The lowest BCUT2D eigenvalue weighted by Crippen LogP contribution is -2.53. The first-order valence-electron chi connectivity index (χ1n) is 7.96. The van der Waals surface area contributed by atoms with E-state index in [1.54, 1.807) is 0 Å². The standard InChI is InChI=1S/C16H29NO/c1-15(2)7-8-16(11-15)12-17-10-14(18-16)9-13-5-3-4-6-13/h13-14,17H,3-12H2,1-2H3. The van der Waals surface area contributed by atoms with Crippen LogP contribution in [0.3, 0.4) is 0 Å². The van der Waals surface area contributed by atoms with Crippen LogP contribution in [0.1, 0.15) is 65.2 Å². The Morgan fingerprint density at radius 1 is 1.17 bits per heavy atom. The molecule has 2 atom stereocenters. The summed E-state index contributed by atoms with van der Waals surface area (Å²) in [5, 5.41) is 3.65. The zero-order valence-electron chi connectivity index (χ0n) is 12.1. The molecule has 1 N–H and O–H groups in total. The highest BCUT2D eigenvalue weighted by molar-refractivity contribution is 4.99. The number of morpholine rings is 1. The Bertz CT molecular complexity index is 295. The van der Waals surface area contributed by atoms with Gasteiger partial charge in [0.15, 0.2) is 0 Å². The molecule has 2 unspecified atom stereocenters. The monoisotopic (exact) mass is 251 g/mol. The number of hydrogen-bond donors (Lipinski definition) is 1. The zero-order chi connectivity index (χ0) is 12.6. The van der Waals surface area contributed by atoms with E-state index in [0.29, 0.717) is 11.5 Å². The van der Waals surface area contributed by atoms with Crippen molar-refractivity contribution in [1.29, 1.82) is 0 Å². The second-order valence-electron chi connectivity index (χ2n) is 7.78. The molecule has 2 nitrogen and oxygen atoms in total. The Kier molecular flexibility index (Phi) is 3.44. The van der Waals surface area contributed by atoms with Gasteiger partial charge < -0.3 is 10.1 Å².